The molecule has 1 aliphatic heterocycles. The molecule has 0 unspecified atom stereocenters. The Bertz CT molecular complexity index is 286. The van der Waals surface area contributed by atoms with Gasteiger partial charge in [-0.3, -0.25) is 9.59 Å². The first-order valence-corrected chi connectivity index (χ1v) is 6.74. The highest BCUT2D eigenvalue weighted by atomic mass is 16.4. The van der Waals surface area contributed by atoms with E-state index in [2.05, 4.69) is 4.90 Å². The van der Waals surface area contributed by atoms with Crippen LogP contribution < -0.4 is 0 Å². The second kappa shape index (κ2) is 7.36. The molecule has 0 saturated carbocycles. The zero-order chi connectivity index (χ0) is 13.5. The number of carbonyl (C=O) groups is 2. The molecule has 1 N–H and O–H groups in total. The number of likely N-dealkylation sites (tertiary alicyclic amines) is 1. The minimum atomic E-state index is -0.854. The van der Waals surface area contributed by atoms with Gasteiger partial charge in [-0.1, -0.05) is 0 Å². The smallest absolute Gasteiger partial charge is 0.305 e. The van der Waals surface area contributed by atoms with Gasteiger partial charge in [-0.15, -0.1) is 0 Å². The van der Waals surface area contributed by atoms with E-state index < -0.39 is 5.97 Å². The molecule has 0 aliphatic carbocycles. The zero-order valence-corrected chi connectivity index (χ0v) is 11.4. The van der Waals surface area contributed by atoms with Crippen molar-refractivity contribution in [1.82, 2.24) is 9.80 Å². The van der Waals surface area contributed by atoms with Gasteiger partial charge in [0.1, 0.15) is 0 Å². The molecule has 0 aromatic rings. The lowest BCUT2D eigenvalue weighted by atomic mass is 10.2. The Balaban J connectivity index is 2.35. The highest BCUT2D eigenvalue weighted by molar-refractivity contribution is 5.77. The van der Waals surface area contributed by atoms with Crippen molar-refractivity contribution in [2.24, 2.45) is 0 Å². The lowest BCUT2D eigenvalue weighted by molar-refractivity contribution is -0.139. The number of carboxylic acid groups (broad SMARTS) is 1. The first-order valence-electron chi connectivity index (χ1n) is 6.74. The summed E-state index contributed by atoms with van der Waals surface area (Å²) in [7, 11) is 0. The summed E-state index contributed by atoms with van der Waals surface area (Å²) in [5.74, 6) is -0.786. The molecule has 0 atom stereocenters. The van der Waals surface area contributed by atoms with Gasteiger partial charge in [-0.05, 0) is 39.8 Å². The minimum Gasteiger partial charge on any atom is -0.481 e. The van der Waals surface area contributed by atoms with Crippen molar-refractivity contribution < 1.29 is 14.7 Å². The van der Waals surface area contributed by atoms with Crippen LogP contribution in [0.5, 0.6) is 0 Å². The number of rotatable bonds is 7. The Labute approximate surface area is 109 Å². The highest BCUT2D eigenvalue weighted by Gasteiger charge is 2.19. The fraction of sp³-hybridized carbons (Fsp3) is 0.846. The van der Waals surface area contributed by atoms with Gasteiger partial charge < -0.3 is 14.9 Å². The molecule has 1 amide bonds. The summed E-state index contributed by atoms with van der Waals surface area (Å²) < 4.78 is 0. The molecule has 1 heterocycles. The molecule has 0 aromatic carbocycles. The predicted molar refractivity (Wildman–Crippen MR) is 69.4 cm³/mol. The molecule has 0 aromatic heterocycles. The Kier molecular flexibility index (Phi) is 6.12. The van der Waals surface area contributed by atoms with E-state index in [1.165, 1.54) is 12.8 Å². The third kappa shape index (κ3) is 5.04. The monoisotopic (exact) mass is 256 g/mol. The van der Waals surface area contributed by atoms with Crippen LogP contribution in [-0.2, 0) is 9.59 Å². The number of hydrogen-bond donors (Lipinski definition) is 1. The van der Waals surface area contributed by atoms with Crippen LogP contribution in [0.25, 0.3) is 0 Å². The van der Waals surface area contributed by atoms with Crippen molar-refractivity contribution in [2.75, 3.05) is 26.2 Å². The Hall–Kier alpha value is -1.10. The fourth-order valence-electron chi connectivity index (χ4n) is 2.29. The first kappa shape index (κ1) is 15.0. The summed E-state index contributed by atoms with van der Waals surface area (Å²) >= 11 is 0. The van der Waals surface area contributed by atoms with Crippen molar-refractivity contribution in [3.8, 4) is 0 Å². The van der Waals surface area contributed by atoms with E-state index in [1.807, 2.05) is 13.8 Å². The van der Waals surface area contributed by atoms with Crippen LogP contribution in [0, 0.1) is 0 Å². The van der Waals surface area contributed by atoms with Crippen LogP contribution in [0.15, 0.2) is 0 Å². The van der Waals surface area contributed by atoms with E-state index in [9.17, 15) is 9.59 Å². The summed E-state index contributed by atoms with van der Waals surface area (Å²) in [5, 5.41) is 8.68. The summed E-state index contributed by atoms with van der Waals surface area (Å²) in [6.45, 7) is 7.14. The average molecular weight is 256 g/mol. The fourth-order valence-corrected chi connectivity index (χ4v) is 2.29. The summed E-state index contributed by atoms with van der Waals surface area (Å²) in [4.78, 5) is 26.6. The van der Waals surface area contributed by atoms with Crippen LogP contribution >= 0.6 is 0 Å². The Morgan fingerprint density at radius 2 is 1.83 bits per heavy atom. The van der Waals surface area contributed by atoms with Crippen molar-refractivity contribution in [3.63, 3.8) is 0 Å². The molecule has 0 bridgehead atoms. The first-order chi connectivity index (χ1) is 8.50. The van der Waals surface area contributed by atoms with Crippen LogP contribution in [0.3, 0.4) is 0 Å². The SMILES string of the molecule is CC(C)N(CCC(=O)O)C(=O)CCN1CCCC1. The molecule has 18 heavy (non-hydrogen) atoms. The molecule has 0 spiro atoms. The maximum Gasteiger partial charge on any atom is 0.305 e. The van der Waals surface area contributed by atoms with Crippen molar-refractivity contribution in [3.05, 3.63) is 0 Å². The predicted octanol–water partition coefficient (Wildman–Crippen LogP) is 1.18. The summed E-state index contributed by atoms with van der Waals surface area (Å²) in [6, 6.07) is 0.0652. The van der Waals surface area contributed by atoms with E-state index in [1.54, 1.807) is 4.90 Å². The molecular formula is C13H24N2O3. The molecule has 1 rings (SSSR count). The maximum absolute atomic E-state index is 12.1. The third-order valence-electron chi connectivity index (χ3n) is 3.35. The quantitative estimate of drug-likeness (QED) is 0.743. The molecule has 1 saturated heterocycles. The lowest BCUT2D eigenvalue weighted by Crippen LogP contribution is -2.40. The normalized spacial score (nSPS) is 16.2. The van der Waals surface area contributed by atoms with E-state index >= 15 is 0 Å². The Morgan fingerprint density at radius 3 is 2.33 bits per heavy atom. The number of aliphatic carboxylic acids is 1. The van der Waals surface area contributed by atoms with Gasteiger partial charge in [0.15, 0.2) is 0 Å². The van der Waals surface area contributed by atoms with Crippen LogP contribution in [0.2, 0.25) is 0 Å². The Morgan fingerprint density at radius 1 is 1.22 bits per heavy atom. The van der Waals surface area contributed by atoms with Gasteiger partial charge in [0.05, 0.1) is 6.42 Å². The van der Waals surface area contributed by atoms with Gasteiger partial charge >= 0.3 is 5.97 Å². The topological polar surface area (TPSA) is 60.9 Å². The molecule has 0 radical (unpaired) electrons. The van der Waals surface area contributed by atoms with Gasteiger partial charge in [0.25, 0.3) is 0 Å². The minimum absolute atomic E-state index is 0.0215. The van der Waals surface area contributed by atoms with E-state index in [0.29, 0.717) is 13.0 Å². The number of nitrogens with zero attached hydrogens (tertiary/aromatic N) is 2. The van der Waals surface area contributed by atoms with Gasteiger partial charge in [-0.25, -0.2) is 0 Å². The molecule has 1 aliphatic rings. The van der Waals surface area contributed by atoms with E-state index in [4.69, 9.17) is 5.11 Å². The van der Waals surface area contributed by atoms with Gasteiger partial charge in [-0.2, -0.15) is 0 Å². The van der Waals surface area contributed by atoms with Crippen molar-refractivity contribution in [2.45, 2.75) is 45.6 Å². The zero-order valence-electron chi connectivity index (χ0n) is 11.4. The standard InChI is InChI=1S/C13H24N2O3/c1-11(2)15(10-6-13(17)18)12(16)5-9-14-7-3-4-8-14/h11H,3-10H2,1-2H3,(H,17,18). The third-order valence-corrected chi connectivity index (χ3v) is 3.35. The number of carboxylic acids is 1. The second-order valence-electron chi connectivity index (χ2n) is 5.12. The molecule has 5 nitrogen and oxygen atoms in total. The second-order valence-corrected chi connectivity index (χ2v) is 5.12. The number of carbonyl (C=O) groups excluding carboxylic acids is 1. The number of hydrogen-bond acceptors (Lipinski definition) is 3. The van der Waals surface area contributed by atoms with Gasteiger partial charge in [0.2, 0.25) is 5.91 Å². The van der Waals surface area contributed by atoms with Crippen LogP contribution in [0.1, 0.15) is 39.5 Å². The largest absolute Gasteiger partial charge is 0.481 e. The van der Waals surface area contributed by atoms with Crippen LogP contribution in [-0.4, -0.2) is 59.0 Å². The molecule has 104 valence electrons. The van der Waals surface area contributed by atoms with E-state index in [0.717, 1.165) is 19.6 Å². The van der Waals surface area contributed by atoms with Crippen molar-refractivity contribution >= 4 is 11.9 Å². The van der Waals surface area contributed by atoms with Crippen molar-refractivity contribution in [1.29, 1.82) is 0 Å². The highest BCUT2D eigenvalue weighted by Crippen LogP contribution is 2.09. The number of amides is 1. The molecule has 5 heteroatoms. The molecule has 1 fully saturated rings. The molecular weight excluding hydrogens is 232 g/mol. The van der Waals surface area contributed by atoms with Gasteiger partial charge in [0, 0.05) is 25.6 Å². The lowest BCUT2D eigenvalue weighted by Gasteiger charge is -2.27. The maximum atomic E-state index is 12.1. The van der Waals surface area contributed by atoms with E-state index in [-0.39, 0.29) is 18.4 Å². The van der Waals surface area contributed by atoms with Crippen LogP contribution in [0.4, 0.5) is 0 Å². The summed E-state index contributed by atoms with van der Waals surface area (Å²) in [5.41, 5.74) is 0. The average Bonchev–Trinajstić information content (AvgIpc) is 2.78. The summed E-state index contributed by atoms with van der Waals surface area (Å²) in [6.07, 6.45) is 2.97.